The molecule has 0 saturated heterocycles. The van der Waals surface area contributed by atoms with E-state index in [1.807, 2.05) is 78.8 Å². The number of benzene rings is 5. The quantitative estimate of drug-likeness (QED) is 0.0250. The maximum Gasteiger partial charge on any atom is 0.260 e. The minimum atomic E-state index is -1.12. The van der Waals surface area contributed by atoms with E-state index in [9.17, 15) is 43.2 Å². The zero-order chi connectivity index (χ0) is 63.0. The predicted molar refractivity (Wildman–Crippen MR) is 334 cm³/mol. The van der Waals surface area contributed by atoms with Crippen molar-refractivity contribution >= 4 is 87.1 Å². The molecule has 22 nitrogen and oxygen atoms in total. The topological polar surface area (TPSA) is 273 Å². The third-order valence-corrected chi connectivity index (χ3v) is 17.9. The van der Waals surface area contributed by atoms with Gasteiger partial charge in [0.1, 0.15) is 17.5 Å². The normalized spacial score (nSPS) is 19.6. The van der Waals surface area contributed by atoms with Gasteiger partial charge in [-0.1, -0.05) is 67.1 Å². The Labute approximate surface area is 520 Å². The molecule has 3 unspecified atom stereocenters. The number of imide groups is 1. The molecular formula is C68H73N9O13. The van der Waals surface area contributed by atoms with Crippen LogP contribution in [0.2, 0.25) is 0 Å². The van der Waals surface area contributed by atoms with Crippen LogP contribution in [0.15, 0.2) is 114 Å². The van der Waals surface area contributed by atoms with Crippen LogP contribution < -0.4 is 50.4 Å². The van der Waals surface area contributed by atoms with Crippen molar-refractivity contribution in [1.82, 2.24) is 36.4 Å². The number of methoxy groups -OCH3 is 2. The summed E-state index contributed by atoms with van der Waals surface area (Å²) in [6, 6.07) is 26.7. The van der Waals surface area contributed by atoms with Gasteiger partial charge in [0, 0.05) is 80.4 Å². The summed E-state index contributed by atoms with van der Waals surface area (Å²) in [5.41, 5.74) is 6.53. The number of fused-ring (bicyclic) bond motifs is 7. The van der Waals surface area contributed by atoms with E-state index in [1.165, 1.54) is 12.2 Å². The van der Waals surface area contributed by atoms with Crippen LogP contribution in [-0.2, 0) is 51.2 Å². The van der Waals surface area contributed by atoms with Crippen molar-refractivity contribution in [2.45, 2.75) is 83.2 Å². The molecule has 5 N–H and O–H groups in total. The number of nitrogens with one attached hydrogen (secondary N) is 5. The Balaban J connectivity index is 0.663. The highest BCUT2D eigenvalue weighted by atomic mass is 16.5. The molecule has 12 rings (SSSR count). The highest BCUT2D eigenvalue weighted by molar-refractivity contribution is 6.13. The number of anilines is 1. The van der Waals surface area contributed by atoms with E-state index in [2.05, 4.69) is 26.6 Å². The maximum atomic E-state index is 14.9. The number of unbranched alkanes of at least 4 members (excludes halogenated alkanes) is 2. The van der Waals surface area contributed by atoms with Crippen molar-refractivity contribution in [3.8, 4) is 23.0 Å². The van der Waals surface area contributed by atoms with E-state index in [4.69, 9.17) is 23.9 Å². The molecule has 90 heavy (non-hydrogen) atoms. The van der Waals surface area contributed by atoms with Crippen LogP contribution in [0, 0.1) is 30.6 Å². The smallest absolute Gasteiger partial charge is 0.260 e. The Bertz CT molecular complexity index is 3710. The summed E-state index contributed by atoms with van der Waals surface area (Å²) >= 11 is 0. The van der Waals surface area contributed by atoms with E-state index in [0.29, 0.717) is 86.1 Å². The summed E-state index contributed by atoms with van der Waals surface area (Å²) in [6.07, 6.45) is 11.7. The predicted octanol–water partition coefficient (Wildman–Crippen LogP) is 5.78. The molecule has 0 radical (unpaired) electrons. The molecule has 3 saturated carbocycles. The summed E-state index contributed by atoms with van der Waals surface area (Å²) in [4.78, 5) is 127. The van der Waals surface area contributed by atoms with Crippen LogP contribution in [-0.4, -0.2) is 142 Å². The second kappa shape index (κ2) is 27.7. The zero-order valence-corrected chi connectivity index (χ0v) is 50.6. The van der Waals surface area contributed by atoms with Crippen molar-refractivity contribution in [3.05, 3.63) is 137 Å². The summed E-state index contributed by atoms with van der Waals surface area (Å²) in [5.74, 6) is -1.04. The molecule has 468 valence electrons. The minimum Gasteiger partial charge on any atom is -0.497 e. The number of ether oxygens (including phenoxy) is 4. The van der Waals surface area contributed by atoms with Gasteiger partial charge in [0.25, 0.3) is 17.7 Å². The van der Waals surface area contributed by atoms with Crippen LogP contribution >= 0.6 is 0 Å². The molecule has 9 amide bonds. The van der Waals surface area contributed by atoms with E-state index in [1.54, 1.807) is 55.5 Å². The van der Waals surface area contributed by atoms with Gasteiger partial charge >= 0.3 is 0 Å². The number of aliphatic imine (C=N–C) groups is 1. The number of carbonyl (C=O) groups excluding carboxylic acids is 9. The number of aryl methyl sites for hydroxylation is 1. The number of carbonyl (C=O) groups is 9. The Morgan fingerprint density at radius 2 is 1.46 bits per heavy atom. The van der Waals surface area contributed by atoms with Crippen LogP contribution in [0.3, 0.4) is 0 Å². The highest BCUT2D eigenvalue weighted by Crippen LogP contribution is 2.54. The average Bonchev–Trinajstić information content (AvgIpc) is 1.55. The third-order valence-electron chi connectivity index (χ3n) is 17.9. The van der Waals surface area contributed by atoms with Gasteiger partial charge in [0.15, 0.2) is 18.2 Å². The lowest BCUT2D eigenvalue weighted by molar-refractivity contribution is -0.137. The largest absolute Gasteiger partial charge is 0.497 e. The van der Waals surface area contributed by atoms with Gasteiger partial charge in [-0.15, -0.1) is 0 Å². The van der Waals surface area contributed by atoms with E-state index >= 15 is 0 Å². The lowest BCUT2D eigenvalue weighted by atomic mass is 9.55. The molecule has 4 heterocycles. The molecular weight excluding hydrogens is 1150 g/mol. The Morgan fingerprint density at radius 1 is 0.711 bits per heavy atom. The van der Waals surface area contributed by atoms with Gasteiger partial charge in [-0.2, -0.15) is 0 Å². The summed E-state index contributed by atoms with van der Waals surface area (Å²) < 4.78 is 24.0. The van der Waals surface area contributed by atoms with Crippen molar-refractivity contribution in [1.29, 1.82) is 0 Å². The van der Waals surface area contributed by atoms with E-state index < -0.39 is 42.8 Å². The maximum absolute atomic E-state index is 14.9. The molecule has 4 atom stereocenters. The Kier molecular flexibility index (Phi) is 19.0. The second-order valence-corrected chi connectivity index (χ2v) is 23.6. The highest BCUT2D eigenvalue weighted by Gasteiger charge is 2.50. The first-order chi connectivity index (χ1) is 43.6. The average molecular weight is 1220 g/mol. The van der Waals surface area contributed by atoms with Crippen molar-refractivity contribution in [2.24, 2.45) is 28.7 Å². The number of hydrogen-bond donors (Lipinski definition) is 5. The molecule has 4 aliphatic heterocycles. The SMILES string of the molecule is COc1ccc(C2=CN3C(=O)c4cc(OC)c(OCC5CC(C(=O)N6CCc7c6cc(OCNC(=O)CNC(=O)C(Cc6ccccc6)NC(=O)CNC(=O)CNC(=O)CCCCCN6C(=O)C=CC6=O)c6cccc(C)c76)C6CC5C6)cc4N=C[C@@H]3C2)cc1. The molecule has 5 aromatic carbocycles. The van der Waals surface area contributed by atoms with Crippen LogP contribution in [0.1, 0.15) is 84.0 Å². The van der Waals surface area contributed by atoms with Gasteiger partial charge in [-0.3, -0.25) is 53.0 Å². The van der Waals surface area contributed by atoms with Crippen molar-refractivity contribution in [3.63, 3.8) is 0 Å². The zero-order valence-electron chi connectivity index (χ0n) is 50.6. The van der Waals surface area contributed by atoms with Gasteiger partial charge in [-0.05, 0) is 115 Å². The van der Waals surface area contributed by atoms with Crippen molar-refractivity contribution in [2.75, 3.05) is 65.2 Å². The fraction of sp³-hybridized carbons (Fsp3) is 0.382. The lowest BCUT2D eigenvalue weighted by Crippen LogP contribution is -2.52. The standard InChI is InChI=1S/C68H73N9O13/c1-40-11-10-14-50-56(90-39-73-61(80)35-72-66(84)54(25-41-12-6-4-7-13-41)74-62(81)36-71-60(79)34-70-59(78)15-8-5-9-23-76-63(82)20-21-64(76)83)32-55-49(65(40)50)22-24-75(55)67(85)51-29-46(43-26-44(51)27-43)38-89-58-31-53-52(30-57(58)88-3)68(86)77-37-45(28-47(77)33-69-53)42-16-18-48(87-2)19-17-42/h4,6-7,10-14,16-21,30-33,37,43-44,46-47,51,54H,5,8-9,15,22-29,34-36,38-39H2,1-3H3,(H,70,78)(H,71,79)(H,72,84)(H,73,80)(H,74,81)/t43?,44?,46?,47-,51?,54?/m0/s1. The first-order valence-corrected chi connectivity index (χ1v) is 30.6. The van der Waals surface area contributed by atoms with E-state index in [-0.39, 0.29) is 86.0 Å². The summed E-state index contributed by atoms with van der Waals surface area (Å²) in [6.45, 7) is 1.58. The van der Waals surface area contributed by atoms with Crippen molar-refractivity contribution < 1.29 is 62.1 Å². The molecule has 0 aromatic heterocycles. The van der Waals surface area contributed by atoms with Crippen LogP contribution in [0.5, 0.6) is 23.0 Å². The lowest BCUT2D eigenvalue weighted by Gasteiger charge is -2.51. The third kappa shape index (κ3) is 13.9. The molecule has 3 aliphatic carbocycles. The minimum absolute atomic E-state index is 0.0609. The number of rotatable bonds is 26. The van der Waals surface area contributed by atoms with Gasteiger partial charge in [0.05, 0.1) is 63.4 Å². The number of nitrogens with zero attached hydrogens (tertiary/aromatic N) is 4. The molecule has 22 heteroatoms. The monoisotopic (exact) mass is 1220 g/mol. The van der Waals surface area contributed by atoms with Crippen LogP contribution in [0.4, 0.5) is 11.4 Å². The molecule has 7 aliphatic rings. The molecule has 3 fully saturated rings. The molecule has 5 aromatic rings. The molecule has 0 spiro atoms. The summed E-state index contributed by atoms with van der Waals surface area (Å²) in [7, 11) is 3.18. The Hall–Kier alpha value is -9.86. The van der Waals surface area contributed by atoms with Crippen LogP contribution in [0.25, 0.3) is 16.3 Å². The number of amides is 9. The fourth-order valence-electron chi connectivity index (χ4n) is 13.0. The van der Waals surface area contributed by atoms with E-state index in [0.717, 1.165) is 67.8 Å². The fourth-order valence-corrected chi connectivity index (χ4v) is 13.0. The Morgan fingerprint density at radius 3 is 2.22 bits per heavy atom. The summed E-state index contributed by atoms with van der Waals surface area (Å²) in [5, 5.41) is 14.7. The number of hydrogen-bond acceptors (Lipinski definition) is 14. The van der Waals surface area contributed by atoms with Gasteiger partial charge < -0.3 is 55.3 Å². The first kappa shape index (κ1) is 61.8. The first-order valence-electron chi connectivity index (χ1n) is 30.6. The van der Waals surface area contributed by atoms with Gasteiger partial charge in [0.2, 0.25) is 35.4 Å². The molecule has 2 bridgehead atoms. The van der Waals surface area contributed by atoms with Gasteiger partial charge in [-0.25, -0.2) is 0 Å². The second-order valence-electron chi connectivity index (χ2n) is 23.6.